The molecular formula is C22H28N4O6S2. The SMILES string of the molecule is COc1ccccc1OC1(C(C)C)C=CC(SC)(S(=O)(=O)Nc2ccncn2)N=C1OCCO. The number of thioether (sulfide) groups is 1. The number of methoxy groups -OCH3 is 1. The van der Waals surface area contributed by atoms with Crippen molar-refractivity contribution < 1.29 is 27.7 Å². The molecule has 0 spiro atoms. The molecule has 0 fully saturated rings. The number of dihydropyridines is 1. The fraction of sp³-hybridized carbons (Fsp3) is 0.409. The van der Waals surface area contributed by atoms with Gasteiger partial charge in [0.15, 0.2) is 11.5 Å². The number of anilines is 1. The van der Waals surface area contributed by atoms with Crippen molar-refractivity contribution in [3.63, 3.8) is 0 Å². The fourth-order valence-electron chi connectivity index (χ4n) is 3.31. The zero-order valence-electron chi connectivity index (χ0n) is 19.3. The van der Waals surface area contributed by atoms with Gasteiger partial charge < -0.3 is 19.3 Å². The Labute approximate surface area is 203 Å². The van der Waals surface area contributed by atoms with E-state index in [-0.39, 0.29) is 30.8 Å². The average molecular weight is 509 g/mol. The van der Waals surface area contributed by atoms with Crippen LogP contribution in [0.25, 0.3) is 0 Å². The molecule has 1 aromatic carbocycles. The number of hydrogen-bond donors (Lipinski definition) is 2. The second kappa shape index (κ2) is 10.6. The summed E-state index contributed by atoms with van der Waals surface area (Å²) in [5.74, 6) is 0.825. The number of nitrogens with one attached hydrogen (secondary N) is 1. The Kier molecular flexibility index (Phi) is 8.05. The zero-order chi connectivity index (χ0) is 24.8. The molecule has 2 aromatic rings. The van der Waals surface area contributed by atoms with E-state index in [2.05, 4.69) is 19.7 Å². The molecule has 0 amide bonds. The summed E-state index contributed by atoms with van der Waals surface area (Å²) >= 11 is 0.992. The van der Waals surface area contributed by atoms with E-state index in [1.54, 1.807) is 30.5 Å². The van der Waals surface area contributed by atoms with Crippen molar-refractivity contribution in [3.8, 4) is 11.5 Å². The number of sulfonamides is 1. The van der Waals surface area contributed by atoms with E-state index in [4.69, 9.17) is 14.2 Å². The smallest absolute Gasteiger partial charge is 0.273 e. The Balaban J connectivity index is 2.11. The van der Waals surface area contributed by atoms with Crippen LogP contribution in [0.2, 0.25) is 0 Å². The van der Waals surface area contributed by atoms with Gasteiger partial charge in [-0.3, -0.25) is 4.72 Å². The number of aliphatic hydroxyl groups excluding tert-OH is 1. The molecule has 10 nitrogen and oxygen atoms in total. The first-order valence-electron chi connectivity index (χ1n) is 10.4. The van der Waals surface area contributed by atoms with Crippen LogP contribution in [-0.4, -0.2) is 65.8 Å². The molecule has 2 heterocycles. The minimum atomic E-state index is -4.14. The van der Waals surface area contributed by atoms with Crippen molar-refractivity contribution in [3.05, 3.63) is 55.0 Å². The lowest BCUT2D eigenvalue weighted by molar-refractivity contribution is 0.0881. The maximum absolute atomic E-state index is 13.5. The van der Waals surface area contributed by atoms with Gasteiger partial charge in [-0.15, -0.1) is 11.8 Å². The summed E-state index contributed by atoms with van der Waals surface area (Å²) in [6.45, 7) is 3.42. The molecule has 0 saturated carbocycles. The second-order valence-electron chi connectivity index (χ2n) is 7.56. The molecule has 12 heteroatoms. The Morgan fingerprint density at radius 3 is 2.50 bits per heavy atom. The van der Waals surface area contributed by atoms with E-state index in [1.807, 2.05) is 19.9 Å². The highest BCUT2D eigenvalue weighted by Crippen LogP contribution is 2.43. The van der Waals surface area contributed by atoms with E-state index < -0.39 is 19.8 Å². The highest BCUT2D eigenvalue weighted by Gasteiger charge is 2.52. The normalized spacial score (nSPS) is 22.2. The number of benzene rings is 1. The third-order valence-corrected chi connectivity index (χ3v) is 8.61. The standard InChI is InChI=1S/C22H28N4O6S2/c1-16(2)21(32-18-8-6-5-7-17(18)30-3)10-11-22(33-4,25-20(21)31-14-13-27)34(28,29)26-19-9-12-23-15-24-19/h5-12,15-16,27H,13-14H2,1-4H3,(H,23,24,26). The molecule has 0 radical (unpaired) electrons. The summed E-state index contributed by atoms with van der Waals surface area (Å²) in [6, 6.07) is 8.54. The van der Waals surface area contributed by atoms with Gasteiger partial charge in [0, 0.05) is 12.1 Å². The number of aromatic nitrogens is 2. The summed E-state index contributed by atoms with van der Waals surface area (Å²) in [4.78, 5) is 12.3. The number of hydrogen-bond acceptors (Lipinski definition) is 10. The fourth-order valence-corrected chi connectivity index (χ4v) is 5.68. The van der Waals surface area contributed by atoms with Crippen molar-refractivity contribution in [1.29, 1.82) is 0 Å². The molecule has 2 N–H and O–H groups in total. The molecule has 1 aliphatic rings. The Morgan fingerprint density at radius 1 is 1.18 bits per heavy atom. The van der Waals surface area contributed by atoms with Gasteiger partial charge in [-0.1, -0.05) is 26.0 Å². The number of ether oxygens (including phenoxy) is 3. The van der Waals surface area contributed by atoms with Crippen LogP contribution in [0, 0.1) is 5.92 Å². The van der Waals surface area contributed by atoms with Gasteiger partial charge in [-0.05, 0) is 36.6 Å². The van der Waals surface area contributed by atoms with E-state index in [0.29, 0.717) is 11.5 Å². The maximum atomic E-state index is 13.5. The molecular weight excluding hydrogens is 480 g/mol. The van der Waals surface area contributed by atoms with Crippen molar-refractivity contribution in [2.24, 2.45) is 10.9 Å². The highest BCUT2D eigenvalue weighted by atomic mass is 32.3. The van der Waals surface area contributed by atoms with Gasteiger partial charge >= 0.3 is 0 Å². The van der Waals surface area contributed by atoms with Crippen LogP contribution >= 0.6 is 11.8 Å². The average Bonchev–Trinajstić information content (AvgIpc) is 2.83. The summed E-state index contributed by atoms with van der Waals surface area (Å²) in [5, 5.41) is 9.41. The lowest BCUT2D eigenvalue weighted by Crippen LogP contribution is -2.54. The highest BCUT2D eigenvalue weighted by molar-refractivity contribution is 8.15. The van der Waals surface area contributed by atoms with Gasteiger partial charge in [-0.2, -0.15) is 0 Å². The summed E-state index contributed by atoms with van der Waals surface area (Å²) in [6.07, 6.45) is 7.41. The molecule has 184 valence electrons. The number of nitrogens with zero attached hydrogens (tertiary/aromatic N) is 3. The predicted molar refractivity (Wildman–Crippen MR) is 132 cm³/mol. The van der Waals surface area contributed by atoms with Crippen LogP contribution in [0.3, 0.4) is 0 Å². The number of aliphatic imine (C=N–C) groups is 1. The molecule has 2 atom stereocenters. The van der Waals surface area contributed by atoms with Crippen LogP contribution < -0.4 is 14.2 Å². The molecule has 34 heavy (non-hydrogen) atoms. The largest absolute Gasteiger partial charge is 0.493 e. The first-order valence-corrected chi connectivity index (χ1v) is 13.1. The van der Waals surface area contributed by atoms with Crippen LogP contribution in [0.15, 0.2) is 60.0 Å². The maximum Gasteiger partial charge on any atom is 0.273 e. The zero-order valence-corrected chi connectivity index (χ0v) is 21.0. The van der Waals surface area contributed by atoms with Gasteiger partial charge in [0.25, 0.3) is 10.0 Å². The molecule has 1 aliphatic heterocycles. The summed E-state index contributed by atoms with van der Waals surface area (Å²) in [5.41, 5.74) is -1.26. The van der Waals surface area contributed by atoms with E-state index in [1.165, 1.54) is 31.8 Å². The van der Waals surface area contributed by atoms with Crippen LogP contribution in [-0.2, 0) is 14.8 Å². The number of aliphatic hydroxyl groups is 1. The first-order chi connectivity index (χ1) is 16.2. The van der Waals surface area contributed by atoms with Crippen LogP contribution in [0.5, 0.6) is 11.5 Å². The Morgan fingerprint density at radius 2 is 1.91 bits per heavy atom. The van der Waals surface area contributed by atoms with Crippen molar-refractivity contribution in [2.75, 3.05) is 31.3 Å². The monoisotopic (exact) mass is 508 g/mol. The molecule has 0 aliphatic carbocycles. The second-order valence-corrected chi connectivity index (χ2v) is 10.7. The minimum Gasteiger partial charge on any atom is -0.493 e. The lowest BCUT2D eigenvalue weighted by Gasteiger charge is -2.40. The van der Waals surface area contributed by atoms with Crippen molar-refractivity contribution in [2.45, 2.75) is 23.7 Å². The van der Waals surface area contributed by atoms with Gasteiger partial charge in [-0.25, -0.2) is 23.4 Å². The molecule has 2 unspecified atom stereocenters. The third-order valence-electron chi connectivity index (χ3n) is 5.17. The summed E-state index contributed by atoms with van der Waals surface area (Å²) in [7, 11) is -2.61. The van der Waals surface area contributed by atoms with Crippen molar-refractivity contribution in [1.82, 2.24) is 9.97 Å². The van der Waals surface area contributed by atoms with E-state index in [9.17, 15) is 13.5 Å². The minimum absolute atomic E-state index is 0.0207. The number of para-hydroxylation sites is 2. The van der Waals surface area contributed by atoms with Gasteiger partial charge in [0.2, 0.25) is 15.7 Å². The predicted octanol–water partition coefficient (Wildman–Crippen LogP) is 2.69. The van der Waals surface area contributed by atoms with E-state index >= 15 is 0 Å². The molecule has 0 saturated heterocycles. The van der Waals surface area contributed by atoms with Crippen LogP contribution in [0.4, 0.5) is 5.82 Å². The third kappa shape index (κ3) is 4.98. The van der Waals surface area contributed by atoms with Crippen molar-refractivity contribution >= 4 is 33.5 Å². The Hall–Kier alpha value is -2.83. The summed E-state index contributed by atoms with van der Waals surface area (Å²) < 4.78 is 45.2. The Bertz CT molecular complexity index is 1140. The van der Waals surface area contributed by atoms with Gasteiger partial charge in [0.1, 0.15) is 18.8 Å². The van der Waals surface area contributed by atoms with Gasteiger partial charge in [0.05, 0.1) is 13.7 Å². The molecule has 0 bridgehead atoms. The molecule has 1 aromatic heterocycles. The first kappa shape index (κ1) is 25.8. The lowest BCUT2D eigenvalue weighted by atomic mass is 9.87. The quantitative estimate of drug-likeness (QED) is 0.465. The van der Waals surface area contributed by atoms with Crippen LogP contribution in [0.1, 0.15) is 13.8 Å². The number of rotatable bonds is 10. The van der Waals surface area contributed by atoms with E-state index in [0.717, 1.165) is 11.8 Å². The topological polar surface area (TPSA) is 132 Å². The molecule has 3 rings (SSSR count).